The molecular formula is C23H38N4O4. The van der Waals surface area contributed by atoms with E-state index in [0.717, 1.165) is 48.8 Å². The Morgan fingerprint density at radius 3 is 2.42 bits per heavy atom. The van der Waals surface area contributed by atoms with E-state index in [-0.39, 0.29) is 6.09 Å². The highest BCUT2D eigenvalue weighted by atomic mass is 16.6. The van der Waals surface area contributed by atoms with Crippen molar-refractivity contribution in [2.75, 3.05) is 46.0 Å². The average Bonchev–Trinajstić information content (AvgIpc) is 2.76. The van der Waals surface area contributed by atoms with Crippen LogP contribution in [0.15, 0.2) is 23.2 Å². The highest BCUT2D eigenvalue weighted by Gasteiger charge is 2.24. The Morgan fingerprint density at radius 1 is 1.06 bits per heavy atom. The highest BCUT2D eigenvalue weighted by molar-refractivity contribution is 5.80. The quantitative estimate of drug-likeness (QED) is 0.435. The molecule has 174 valence electrons. The highest BCUT2D eigenvalue weighted by Crippen LogP contribution is 2.28. The van der Waals surface area contributed by atoms with Crippen LogP contribution in [0, 0.1) is 0 Å². The smallest absolute Gasteiger partial charge is 0.409 e. The Balaban J connectivity index is 1.89. The van der Waals surface area contributed by atoms with Crippen LogP contribution in [0.5, 0.6) is 11.5 Å². The van der Waals surface area contributed by atoms with Crippen LogP contribution in [-0.4, -0.2) is 69.0 Å². The maximum absolute atomic E-state index is 11.9. The zero-order valence-corrected chi connectivity index (χ0v) is 19.4. The lowest BCUT2D eigenvalue weighted by Crippen LogP contribution is -2.50. The molecule has 0 unspecified atom stereocenters. The topological polar surface area (TPSA) is 84.4 Å². The standard InChI is InChI=1S/C23H38N4O4/c1-5-24-22(26-19-12-15-27(16-13-19)23(28)31-8-4)25-14-11-18-9-10-20(29-6-2)21(17-18)30-7-3/h9-10,17,19H,5-8,11-16H2,1-4H3,(H2,24,25,26). The van der Waals surface area contributed by atoms with Crippen LogP contribution in [-0.2, 0) is 11.2 Å². The number of carbonyl (C=O) groups excluding carboxylic acids is 1. The molecule has 8 nitrogen and oxygen atoms in total. The van der Waals surface area contributed by atoms with E-state index in [1.807, 2.05) is 32.9 Å². The molecule has 1 aliphatic heterocycles. The summed E-state index contributed by atoms with van der Waals surface area (Å²) in [6, 6.07) is 6.36. The molecule has 0 atom stereocenters. The zero-order valence-electron chi connectivity index (χ0n) is 19.4. The van der Waals surface area contributed by atoms with Gasteiger partial charge in [-0.2, -0.15) is 0 Å². The van der Waals surface area contributed by atoms with Crippen molar-refractivity contribution in [3.05, 3.63) is 23.8 Å². The number of nitrogens with one attached hydrogen (secondary N) is 2. The molecule has 2 N–H and O–H groups in total. The van der Waals surface area contributed by atoms with Crippen LogP contribution >= 0.6 is 0 Å². The number of nitrogens with zero attached hydrogens (tertiary/aromatic N) is 2. The van der Waals surface area contributed by atoms with Crippen molar-refractivity contribution >= 4 is 12.1 Å². The summed E-state index contributed by atoms with van der Waals surface area (Å²) in [5, 5.41) is 6.82. The number of ether oxygens (including phenoxy) is 3. The second kappa shape index (κ2) is 13.6. The van der Waals surface area contributed by atoms with E-state index >= 15 is 0 Å². The van der Waals surface area contributed by atoms with E-state index in [1.165, 1.54) is 0 Å². The molecule has 1 amide bonds. The van der Waals surface area contributed by atoms with Gasteiger partial charge in [-0.3, -0.25) is 4.99 Å². The van der Waals surface area contributed by atoms with Gasteiger partial charge in [0.1, 0.15) is 0 Å². The molecule has 1 fully saturated rings. The Hall–Kier alpha value is -2.64. The third kappa shape index (κ3) is 8.19. The number of carbonyl (C=O) groups is 1. The molecule has 2 rings (SSSR count). The minimum Gasteiger partial charge on any atom is -0.490 e. The van der Waals surface area contributed by atoms with Crippen LogP contribution in [0.2, 0.25) is 0 Å². The Bertz CT molecular complexity index is 703. The van der Waals surface area contributed by atoms with Gasteiger partial charge < -0.3 is 29.7 Å². The molecule has 0 saturated carbocycles. The number of guanidine groups is 1. The second-order valence-corrected chi connectivity index (χ2v) is 7.26. The first-order valence-electron chi connectivity index (χ1n) is 11.5. The molecule has 1 aliphatic rings. The molecule has 0 spiro atoms. The van der Waals surface area contributed by atoms with Gasteiger partial charge in [-0.25, -0.2) is 4.79 Å². The summed E-state index contributed by atoms with van der Waals surface area (Å²) in [6.07, 6.45) is 2.34. The van der Waals surface area contributed by atoms with Crippen molar-refractivity contribution in [3.63, 3.8) is 0 Å². The number of piperidine rings is 1. The minimum absolute atomic E-state index is 0.219. The fourth-order valence-corrected chi connectivity index (χ4v) is 3.48. The summed E-state index contributed by atoms with van der Waals surface area (Å²) < 4.78 is 16.4. The van der Waals surface area contributed by atoms with Gasteiger partial charge in [0.2, 0.25) is 0 Å². The third-order valence-electron chi connectivity index (χ3n) is 4.98. The summed E-state index contributed by atoms with van der Waals surface area (Å²) in [7, 11) is 0. The average molecular weight is 435 g/mol. The van der Waals surface area contributed by atoms with E-state index in [2.05, 4.69) is 23.6 Å². The van der Waals surface area contributed by atoms with Gasteiger partial charge in [-0.1, -0.05) is 6.07 Å². The molecule has 0 bridgehead atoms. The molecule has 1 heterocycles. The number of hydrogen-bond donors (Lipinski definition) is 2. The maximum atomic E-state index is 11.9. The summed E-state index contributed by atoms with van der Waals surface area (Å²) in [5.41, 5.74) is 1.16. The minimum atomic E-state index is -0.219. The normalized spacial score (nSPS) is 14.8. The summed E-state index contributed by atoms with van der Waals surface area (Å²) in [6.45, 7) is 12.3. The van der Waals surface area contributed by atoms with Crippen LogP contribution in [0.25, 0.3) is 0 Å². The summed E-state index contributed by atoms with van der Waals surface area (Å²) in [5.74, 6) is 2.37. The lowest BCUT2D eigenvalue weighted by molar-refractivity contribution is 0.0963. The molecule has 1 saturated heterocycles. The van der Waals surface area contributed by atoms with Gasteiger partial charge in [0.15, 0.2) is 17.5 Å². The van der Waals surface area contributed by atoms with E-state index in [4.69, 9.17) is 19.2 Å². The van der Waals surface area contributed by atoms with Gasteiger partial charge in [-0.15, -0.1) is 0 Å². The number of aliphatic imine (C=N–C) groups is 1. The number of rotatable bonds is 10. The molecule has 0 radical (unpaired) electrons. The fraction of sp³-hybridized carbons (Fsp3) is 0.652. The number of amides is 1. The van der Waals surface area contributed by atoms with Crippen LogP contribution in [0.4, 0.5) is 4.79 Å². The maximum Gasteiger partial charge on any atom is 0.409 e. The van der Waals surface area contributed by atoms with E-state index in [1.54, 1.807) is 4.90 Å². The Kier molecular flexibility index (Phi) is 10.8. The van der Waals surface area contributed by atoms with Gasteiger partial charge in [0, 0.05) is 32.2 Å². The molecule has 31 heavy (non-hydrogen) atoms. The van der Waals surface area contributed by atoms with E-state index in [0.29, 0.717) is 45.5 Å². The predicted molar refractivity (Wildman–Crippen MR) is 123 cm³/mol. The van der Waals surface area contributed by atoms with Crippen molar-refractivity contribution in [1.29, 1.82) is 0 Å². The van der Waals surface area contributed by atoms with Crippen molar-refractivity contribution in [1.82, 2.24) is 15.5 Å². The van der Waals surface area contributed by atoms with Crippen LogP contribution in [0.1, 0.15) is 46.1 Å². The first kappa shape index (κ1) is 24.6. The van der Waals surface area contributed by atoms with Gasteiger partial charge in [-0.05, 0) is 64.7 Å². The first-order chi connectivity index (χ1) is 15.1. The second-order valence-electron chi connectivity index (χ2n) is 7.26. The van der Waals surface area contributed by atoms with Crippen molar-refractivity contribution in [2.45, 2.75) is 53.0 Å². The van der Waals surface area contributed by atoms with E-state index in [9.17, 15) is 4.79 Å². The molecule has 0 aliphatic carbocycles. The SMILES string of the molecule is CCNC(=NCCc1ccc(OCC)c(OCC)c1)NC1CCN(C(=O)OCC)CC1. The van der Waals surface area contributed by atoms with Crippen LogP contribution < -0.4 is 20.1 Å². The molecular weight excluding hydrogens is 396 g/mol. The van der Waals surface area contributed by atoms with Gasteiger partial charge >= 0.3 is 6.09 Å². The fourth-order valence-electron chi connectivity index (χ4n) is 3.48. The summed E-state index contributed by atoms with van der Waals surface area (Å²) >= 11 is 0. The Labute approximate surface area is 186 Å². The number of likely N-dealkylation sites (tertiary alicyclic amines) is 1. The Morgan fingerprint density at radius 2 is 1.77 bits per heavy atom. The molecule has 0 aromatic heterocycles. The van der Waals surface area contributed by atoms with Crippen molar-refractivity contribution < 1.29 is 19.0 Å². The van der Waals surface area contributed by atoms with E-state index < -0.39 is 0 Å². The monoisotopic (exact) mass is 434 g/mol. The van der Waals surface area contributed by atoms with Crippen molar-refractivity contribution in [2.24, 2.45) is 4.99 Å². The van der Waals surface area contributed by atoms with Gasteiger partial charge in [0.05, 0.1) is 19.8 Å². The lowest BCUT2D eigenvalue weighted by atomic mass is 10.1. The zero-order chi connectivity index (χ0) is 22.5. The molecule has 8 heteroatoms. The van der Waals surface area contributed by atoms with Crippen LogP contribution in [0.3, 0.4) is 0 Å². The molecule has 1 aromatic carbocycles. The van der Waals surface area contributed by atoms with Gasteiger partial charge in [0.25, 0.3) is 0 Å². The molecule has 1 aromatic rings. The number of hydrogen-bond acceptors (Lipinski definition) is 5. The lowest BCUT2D eigenvalue weighted by Gasteiger charge is -2.32. The third-order valence-corrected chi connectivity index (χ3v) is 4.98. The largest absolute Gasteiger partial charge is 0.490 e. The van der Waals surface area contributed by atoms with Crippen molar-refractivity contribution in [3.8, 4) is 11.5 Å². The first-order valence-corrected chi connectivity index (χ1v) is 11.5. The number of benzene rings is 1. The predicted octanol–water partition coefficient (Wildman–Crippen LogP) is 3.20. The summed E-state index contributed by atoms with van der Waals surface area (Å²) in [4.78, 5) is 18.4.